The quantitative estimate of drug-likeness (QED) is 0.476. The Balaban J connectivity index is 1.60. The standard InChI is InChI=1S/C22H23N3O5S2/c1-3-25(4-2)32(28,29)18-12-8-11-17(13-18)21(27)30-14-20(26)24-22-23-19(15-31-22)16-9-6-5-7-10-16/h5-13,15H,3-4,14H2,1-2H3,(H,23,24,26). The first kappa shape index (κ1) is 23.6. The van der Waals surface area contributed by atoms with Gasteiger partial charge in [-0.05, 0) is 18.2 Å². The van der Waals surface area contributed by atoms with Gasteiger partial charge < -0.3 is 4.74 Å². The van der Waals surface area contributed by atoms with Crippen molar-refractivity contribution in [3.8, 4) is 11.3 Å². The molecule has 0 saturated carbocycles. The van der Waals surface area contributed by atoms with Crippen LogP contribution in [0.25, 0.3) is 11.3 Å². The van der Waals surface area contributed by atoms with Crippen LogP contribution in [0.2, 0.25) is 0 Å². The van der Waals surface area contributed by atoms with E-state index in [0.717, 1.165) is 11.3 Å². The van der Waals surface area contributed by atoms with Crippen molar-refractivity contribution >= 4 is 38.4 Å². The molecular weight excluding hydrogens is 450 g/mol. The molecule has 2 aromatic carbocycles. The summed E-state index contributed by atoms with van der Waals surface area (Å²) in [6, 6.07) is 15.1. The predicted octanol–water partition coefficient (Wildman–Crippen LogP) is 3.64. The van der Waals surface area contributed by atoms with Gasteiger partial charge in [0.15, 0.2) is 11.7 Å². The zero-order valence-electron chi connectivity index (χ0n) is 17.6. The van der Waals surface area contributed by atoms with Gasteiger partial charge in [0.2, 0.25) is 10.0 Å². The van der Waals surface area contributed by atoms with Crippen molar-refractivity contribution in [3.63, 3.8) is 0 Å². The number of hydrogen-bond acceptors (Lipinski definition) is 7. The van der Waals surface area contributed by atoms with Gasteiger partial charge in [-0.3, -0.25) is 10.1 Å². The van der Waals surface area contributed by atoms with Gasteiger partial charge in [-0.2, -0.15) is 4.31 Å². The molecular formula is C22H23N3O5S2. The number of nitrogens with one attached hydrogen (secondary N) is 1. The number of thiazole rings is 1. The van der Waals surface area contributed by atoms with Gasteiger partial charge in [0.25, 0.3) is 5.91 Å². The second-order valence-electron chi connectivity index (χ2n) is 6.65. The van der Waals surface area contributed by atoms with Gasteiger partial charge >= 0.3 is 5.97 Å². The number of carbonyl (C=O) groups excluding carboxylic acids is 2. The van der Waals surface area contributed by atoms with Crippen LogP contribution in [0.3, 0.4) is 0 Å². The van der Waals surface area contributed by atoms with E-state index in [9.17, 15) is 18.0 Å². The lowest BCUT2D eigenvalue weighted by molar-refractivity contribution is -0.119. The van der Waals surface area contributed by atoms with E-state index in [2.05, 4.69) is 10.3 Å². The summed E-state index contributed by atoms with van der Waals surface area (Å²) in [4.78, 5) is 28.9. The maximum Gasteiger partial charge on any atom is 0.338 e. The molecule has 1 N–H and O–H groups in total. The molecule has 10 heteroatoms. The highest BCUT2D eigenvalue weighted by Gasteiger charge is 2.23. The highest BCUT2D eigenvalue weighted by Crippen LogP contribution is 2.24. The third kappa shape index (κ3) is 5.58. The minimum atomic E-state index is -3.71. The van der Waals surface area contributed by atoms with Crippen molar-refractivity contribution in [3.05, 3.63) is 65.5 Å². The largest absolute Gasteiger partial charge is 0.452 e. The molecule has 0 unspecified atom stereocenters. The molecule has 3 aromatic rings. The van der Waals surface area contributed by atoms with Crippen LogP contribution in [0, 0.1) is 0 Å². The fraction of sp³-hybridized carbons (Fsp3) is 0.227. The third-order valence-corrected chi connectivity index (χ3v) is 7.37. The van der Waals surface area contributed by atoms with Crippen molar-refractivity contribution in [2.75, 3.05) is 25.0 Å². The average Bonchev–Trinajstić information content (AvgIpc) is 3.27. The summed E-state index contributed by atoms with van der Waals surface area (Å²) in [6.45, 7) is 3.59. The van der Waals surface area contributed by atoms with E-state index in [-0.39, 0.29) is 10.5 Å². The monoisotopic (exact) mass is 473 g/mol. The first-order valence-electron chi connectivity index (χ1n) is 9.93. The number of nitrogens with zero attached hydrogens (tertiary/aromatic N) is 2. The summed E-state index contributed by atoms with van der Waals surface area (Å²) < 4.78 is 31.6. The Bertz CT molecular complexity index is 1190. The van der Waals surface area contributed by atoms with Crippen LogP contribution in [-0.4, -0.2) is 49.3 Å². The molecule has 1 heterocycles. The van der Waals surface area contributed by atoms with Crippen molar-refractivity contribution in [2.24, 2.45) is 0 Å². The lowest BCUT2D eigenvalue weighted by Gasteiger charge is -2.18. The highest BCUT2D eigenvalue weighted by atomic mass is 32.2. The number of esters is 1. The Morgan fingerprint density at radius 1 is 1.06 bits per heavy atom. The summed E-state index contributed by atoms with van der Waals surface area (Å²) in [5.74, 6) is -1.33. The minimum Gasteiger partial charge on any atom is -0.452 e. The summed E-state index contributed by atoms with van der Waals surface area (Å²) in [6.07, 6.45) is 0. The van der Waals surface area contributed by atoms with E-state index in [4.69, 9.17) is 4.74 Å². The van der Waals surface area contributed by atoms with E-state index in [1.165, 1.54) is 39.9 Å². The Labute approximate surface area is 190 Å². The fourth-order valence-electron chi connectivity index (χ4n) is 2.94. The van der Waals surface area contributed by atoms with E-state index in [1.807, 2.05) is 35.7 Å². The molecule has 0 aliphatic rings. The first-order valence-corrected chi connectivity index (χ1v) is 12.2. The zero-order valence-corrected chi connectivity index (χ0v) is 19.3. The molecule has 0 atom stereocenters. The molecule has 0 aliphatic heterocycles. The molecule has 1 aromatic heterocycles. The molecule has 0 saturated heterocycles. The van der Waals surface area contributed by atoms with Crippen LogP contribution in [0.5, 0.6) is 0 Å². The fourth-order valence-corrected chi connectivity index (χ4v) is 5.18. The Morgan fingerprint density at radius 2 is 1.78 bits per heavy atom. The molecule has 0 fully saturated rings. The molecule has 32 heavy (non-hydrogen) atoms. The summed E-state index contributed by atoms with van der Waals surface area (Å²) in [5, 5.41) is 4.80. The minimum absolute atomic E-state index is 0.00340. The summed E-state index contributed by atoms with van der Waals surface area (Å²) in [5.41, 5.74) is 1.70. The Morgan fingerprint density at radius 3 is 2.47 bits per heavy atom. The van der Waals surface area contributed by atoms with Gasteiger partial charge in [0.1, 0.15) is 0 Å². The number of carbonyl (C=O) groups is 2. The van der Waals surface area contributed by atoms with Crippen molar-refractivity contribution in [1.29, 1.82) is 0 Å². The molecule has 168 valence electrons. The summed E-state index contributed by atoms with van der Waals surface area (Å²) >= 11 is 1.26. The zero-order chi connectivity index (χ0) is 23.1. The molecule has 0 spiro atoms. The predicted molar refractivity (Wildman–Crippen MR) is 123 cm³/mol. The lowest BCUT2D eigenvalue weighted by atomic mass is 10.2. The van der Waals surface area contributed by atoms with Gasteiger partial charge in [-0.25, -0.2) is 18.2 Å². The van der Waals surface area contributed by atoms with Crippen LogP contribution in [0.15, 0.2) is 64.9 Å². The van der Waals surface area contributed by atoms with Crippen LogP contribution in [0.1, 0.15) is 24.2 Å². The van der Waals surface area contributed by atoms with E-state index in [1.54, 1.807) is 13.8 Å². The molecule has 0 aliphatic carbocycles. The van der Waals surface area contributed by atoms with Gasteiger partial charge in [-0.1, -0.05) is 50.2 Å². The number of benzene rings is 2. The maximum atomic E-state index is 12.6. The number of amides is 1. The van der Waals surface area contributed by atoms with Gasteiger partial charge in [0, 0.05) is 24.0 Å². The second-order valence-corrected chi connectivity index (χ2v) is 9.44. The molecule has 3 rings (SSSR count). The SMILES string of the molecule is CCN(CC)S(=O)(=O)c1cccc(C(=O)OCC(=O)Nc2nc(-c3ccccc3)cs2)c1. The lowest BCUT2D eigenvalue weighted by Crippen LogP contribution is -2.30. The van der Waals surface area contributed by atoms with Gasteiger partial charge in [0.05, 0.1) is 16.2 Å². The number of aromatic nitrogens is 1. The molecule has 0 radical (unpaired) electrons. The molecule has 8 nitrogen and oxygen atoms in total. The number of rotatable bonds is 9. The number of sulfonamides is 1. The summed E-state index contributed by atoms with van der Waals surface area (Å²) in [7, 11) is -3.71. The van der Waals surface area contributed by atoms with Crippen molar-refractivity contribution < 1.29 is 22.7 Å². The van der Waals surface area contributed by atoms with Crippen LogP contribution in [-0.2, 0) is 19.6 Å². The normalized spacial score (nSPS) is 11.3. The van der Waals surface area contributed by atoms with Crippen LogP contribution in [0.4, 0.5) is 5.13 Å². The number of hydrogen-bond donors (Lipinski definition) is 1. The van der Waals surface area contributed by atoms with E-state index < -0.39 is 28.5 Å². The van der Waals surface area contributed by atoms with Gasteiger partial charge in [-0.15, -0.1) is 11.3 Å². The van der Waals surface area contributed by atoms with Crippen LogP contribution < -0.4 is 5.32 Å². The Kier molecular flexibility index (Phi) is 7.73. The first-order chi connectivity index (χ1) is 15.3. The third-order valence-electron chi connectivity index (χ3n) is 4.57. The highest BCUT2D eigenvalue weighted by molar-refractivity contribution is 7.89. The van der Waals surface area contributed by atoms with E-state index >= 15 is 0 Å². The van der Waals surface area contributed by atoms with Crippen molar-refractivity contribution in [1.82, 2.24) is 9.29 Å². The number of ether oxygens (including phenoxy) is 1. The second kappa shape index (κ2) is 10.5. The van der Waals surface area contributed by atoms with E-state index in [0.29, 0.717) is 18.2 Å². The average molecular weight is 474 g/mol. The molecule has 1 amide bonds. The smallest absolute Gasteiger partial charge is 0.338 e. The topological polar surface area (TPSA) is 106 Å². The molecule has 0 bridgehead atoms. The Hall–Kier alpha value is -3.08. The maximum absolute atomic E-state index is 12.6. The number of anilines is 1. The van der Waals surface area contributed by atoms with Crippen molar-refractivity contribution in [2.45, 2.75) is 18.7 Å². The van der Waals surface area contributed by atoms with Crippen LogP contribution >= 0.6 is 11.3 Å².